The summed E-state index contributed by atoms with van der Waals surface area (Å²) in [4.78, 5) is 33.1. The molecule has 0 bridgehead atoms. The summed E-state index contributed by atoms with van der Waals surface area (Å²) in [6, 6.07) is 19.6. The highest BCUT2D eigenvalue weighted by Crippen LogP contribution is 2.21. The van der Waals surface area contributed by atoms with E-state index >= 15 is 0 Å². The van der Waals surface area contributed by atoms with Crippen molar-refractivity contribution in [3.8, 4) is 0 Å². The average Bonchev–Trinajstić information content (AvgIpc) is 3.24. The van der Waals surface area contributed by atoms with E-state index < -0.39 is 0 Å². The van der Waals surface area contributed by atoms with Crippen LogP contribution < -0.4 is 10.7 Å². The number of para-hydroxylation sites is 1. The van der Waals surface area contributed by atoms with E-state index in [0.29, 0.717) is 19.5 Å². The highest BCUT2D eigenvalue weighted by atomic mass is 32.1. The molecule has 1 amide bonds. The van der Waals surface area contributed by atoms with Gasteiger partial charge in [-0.25, -0.2) is 4.98 Å². The lowest BCUT2D eigenvalue weighted by Crippen LogP contribution is -2.33. The summed E-state index contributed by atoms with van der Waals surface area (Å²) in [6.07, 6.45) is 1.36. The lowest BCUT2D eigenvalue weighted by Gasteiger charge is -2.21. The molecule has 0 fully saturated rings. The Morgan fingerprint density at radius 3 is 2.53 bits per heavy atom. The first-order valence-electron chi connectivity index (χ1n) is 11.5. The number of amides is 1. The summed E-state index contributed by atoms with van der Waals surface area (Å²) in [7, 11) is 4.04. The summed E-state index contributed by atoms with van der Waals surface area (Å²) >= 11 is 1.55. The zero-order chi connectivity index (χ0) is 24.1. The van der Waals surface area contributed by atoms with Crippen LogP contribution in [0, 0.1) is 6.92 Å². The van der Waals surface area contributed by atoms with Crippen LogP contribution in [0.3, 0.4) is 0 Å². The summed E-state index contributed by atoms with van der Waals surface area (Å²) < 4.78 is 3.20. The number of nitrogens with zero attached hydrogens (tertiary/aromatic N) is 3. The second kappa shape index (κ2) is 10.8. The molecule has 2 aromatic heterocycles. The molecule has 0 spiro atoms. The molecule has 2 heterocycles. The Kier molecular flexibility index (Phi) is 7.55. The second-order valence-corrected chi connectivity index (χ2v) is 9.79. The number of aromatic nitrogens is 2. The minimum atomic E-state index is -0.342. The number of thiazole rings is 1. The minimum absolute atomic E-state index is 0.233. The summed E-state index contributed by atoms with van der Waals surface area (Å²) in [5.74, 6) is -0.342. The van der Waals surface area contributed by atoms with Crippen molar-refractivity contribution in [2.24, 2.45) is 0 Å². The lowest BCUT2D eigenvalue weighted by molar-refractivity contribution is 0.0947. The second-order valence-electron chi connectivity index (χ2n) is 8.67. The number of carbonyl (C=O) groups excluding carboxylic acids is 1. The molecule has 4 rings (SSSR count). The van der Waals surface area contributed by atoms with E-state index in [1.54, 1.807) is 17.4 Å². The molecular weight excluding hydrogens is 444 g/mol. The number of aryl methyl sites for hydroxylation is 2. The number of benzene rings is 2. The number of rotatable bonds is 9. The summed E-state index contributed by atoms with van der Waals surface area (Å²) in [5, 5.41) is 3.77. The Labute approximate surface area is 203 Å². The van der Waals surface area contributed by atoms with Crippen LogP contribution in [-0.2, 0) is 25.9 Å². The van der Waals surface area contributed by atoms with Gasteiger partial charge >= 0.3 is 0 Å². The van der Waals surface area contributed by atoms with Gasteiger partial charge in [0.1, 0.15) is 10.6 Å². The van der Waals surface area contributed by atoms with E-state index in [4.69, 9.17) is 0 Å². The number of hydrogen-bond acceptors (Lipinski definition) is 5. The van der Waals surface area contributed by atoms with Crippen molar-refractivity contribution < 1.29 is 4.79 Å². The zero-order valence-electron chi connectivity index (χ0n) is 19.9. The molecule has 0 saturated carbocycles. The van der Waals surface area contributed by atoms with Gasteiger partial charge in [-0.2, -0.15) is 0 Å². The zero-order valence-corrected chi connectivity index (χ0v) is 20.7. The number of carbonyl (C=O) groups is 1. The van der Waals surface area contributed by atoms with E-state index in [2.05, 4.69) is 31.9 Å². The quantitative estimate of drug-likeness (QED) is 0.398. The van der Waals surface area contributed by atoms with Gasteiger partial charge in [-0.15, -0.1) is 11.3 Å². The number of fused-ring (bicyclic) bond motifs is 1. The molecule has 0 aliphatic rings. The molecule has 0 atom stereocenters. The van der Waals surface area contributed by atoms with Crippen LogP contribution in [0.4, 0.5) is 0 Å². The lowest BCUT2D eigenvalue weighted by atomic mass is 10.0. The Morgan fingerprint density at radius 1 is 1.06 bits per heavy atom. The van der Waals surface area contributed by atoms with Gasteiger partial charge in [0, 0.05) is 30.5 Å². The predicted molar refractivity (Wildman–Crippen MR) is 139 cm³/mol. The van der Waals surface area contributed by atoms with Gasteiger partial charge in [0.25, 0.3) is 5.91 Å². The highest BCUT2D eigenvalue weighted by Gasteiger charge is 2.20. The molecule has 1 N–H and O–H groups in total. The molecule has 0 unspecified atom stereocenters. The number of likely N-dealkylation sites (N-methyl/N-ethyl adjacent to an activating group) is 1. The van der Waals surface area contributed by atoms with Crippen LogP contribution in [0.1, 0.15) is 32.3 Å². The van der Waals surface area contributed by atoms with Crippen LogP contribution in [-0.4, -0.2) is 41.0 Å². The van der Waals surface area contributed by atoms with E-state index in [0.717, 1.165) is 39.6 Å². The molecule has 4 aromatic rings. The maximum atomic E-state index is 13.3. The first kappa shape index (κ1) is 23.9. The third-order valence-electron chi connectivity index (χ3n) is 5.86. The standard InChI is InChI=1S/C27H30N4O2S/c1-19-17-23(32)26(27(33)28-18-25-29-21-11-7-8-12-24(21)34-25)22(31(19)16-15-30(2)3)14-13-20-9-5-4-6-10-20/h4-12,17H,13-16,18H2,1-3H3,(H,28,33). The first-order chi connectivity index (χ1) is 16.4. The van der Waals surface area contributed by atoms with Crippen molar-refractivity contribution in [1.82, 2.24) is 19.8 Å². The van der Waals surface area contributed by atoms with Gasteiger partial charge in [-0.1, -0.05) is 42.5 Å². The molecule has 34 heavy (non-hydrogen) atoms. The van der Waals surface area contributed by atoms with Crippen molar-refractivity contribution >= 4 is 27.5 Å². The fourth-order valence-corrected chi connectivity index (χ4v) is 5.00. The molecular formula is C27H30N4O2S. The number of hydrogen-bond donors (Lipinski definition) is 1. The molecule has 0 radical (unpaired) electrons. The molecule has 176 valence electrons. The Balaban J connectivity index is 1.63. The van der Waals surface area contributed by atoms with Crippen molar-refractivity contribution in [3.63, 3.8) is 0 Å². The Hall–Kier alpha value is -3.29. The van der Waals surface area contributed by atoms with Crippen molar-refractivity contribution in [3.05, 3.63) is 98.4 Å². The van der Waals surface area contributed by atoms with Crippen LogP contribution >= 0.6 is 11.3 Å². The van der Waals surface area contributed by atoms with E-state index in [1.807, 2.05) is 63.5 Å². The molecule has 2 aromatic carbocycles. The van der Waals surface area contributed by atoms with E-state index in [9.17, 15) is 9.59 Å². The SMILES string of the molecule is Cc1cc(=O)c(C(=O)NCc2nc3ccccc3s2)c(CCc2ccccc2)n1CCN(C)C. The van der Waals surface area contributed by atoms with Gasteiger partial charge in [0.15, 0.2) is 5.43 Å². The van der Waals surface area contributed by atoms with Gasteiger partial charge in [-0.3, -0.25) is 9.59 Å². The van der Waals surface area contributed by atoms with E-state index in [1.165, 1.54) is 5.56 Å². The van der Waals surface area contributed by atoms with Gasteiger partial charge < -0.3 is 14.8 Å². The number of nitrogens with one attached hydrogen (secondary N) is 1. The molecule has 0 aliphatic carbocycles. The van der Waals surface area contributed by atoms with Crippen molar-refractivity contribution in [1.29, 1.82) is 0 Å². The van der Waals surface area contributed by atoms with Crippen LogP contribution in [0.5, 0.6) is 0 Å². The van der Waals surface area contributed by atoms with Crippen LogP contribution in [0.2, 0.25) is 0 Å². The number of pyridine rings is 1. The molecule has 7 heteroatoms. The van der Waals surface area contributed by atoms with Crippen LogP contribution in [0.15, 0.2) is 65.5 Å². The summed E-state index contributed by atoms with van der Waals surface area (Å²) in [5.41, 5.74) is 3.76. The highest BCUT2D eigenvalue weighted by molar-refractivity contribution is 7.18. The molecule has 0 saturated heterocycles. The van der Waals surface area contributed by atoms with Gasteiger partial charge in [-0.05, 0) is 51.6 Å². The maximum absolute atomic E-state index is 13.3. The molecule has 6 nitrogen and oxygen atoms in total. The van der Waals surface area contributed by atoms with Gasteiger partial charge in [0.05, 0.1) is 16.8 Å². The average molecular weight is 475 g/mol. The topological polar surface area (TPSA) is 67.2 Å². The fraction of sp³-hybridized carbons (Fsp3) is 0.296. The monoisotopic (exact) mass is 474 g/mol. The first-order valence-corrected chi connectivity index (χ1v) is 12.3. The maximum Gasteiger partial charge on any atom is 0.257 e. The fourth-order valence-electron chi connectivity index (χ4n) is 4.09. The van der Waals surface area contributed by atoms with Crippen molar-refractivity contribution in [2.75, 3.05) is 20.6 Å². The summed E-state index contributed by atoms with van der Waals surface area (Å²) in [6.45, 7) is 3.75. The van der Waals surface area contributed by atoms with Crippen molar-refractivity contribution in [2.45, 2.75) is 32.9 Å². The normalized spacial score (nSPS) is 11.3. The molecule has 0 aliphatic heterocycles. The Bertz CT molecular complexity index is 1310. The predicted octanol–water partition coefficient (Wildman–Crippen LogP) is 4.04. The van der Waals surface area contributed by atoms with E-state index in [-0.39, 0.29) is 16.9 Å². The van der Waals surface area contributed by atoms with Gasteiger partial charge in [0.2, 0.25) is 0 Å². The minimum Gasteiger partial charge on any atom is -0.347 e. The Morgan fingerprint density at radius 2 is 1.79 bits per heavy atom. The largest absolute Gasteiger partial charge is 0.347 e. The third kappa shape index (κ3) is 5.61. The third-order valence-corrected chi connectivity index (χ3v) is 6.89. The smallest absolute Gasteiger partial charge is 0.257 e. The van der Waals surface area contributed by atoms with Crippen LogP contribution in [0.25, 0.3) is 10.2 Å².